The molecule has 4 rings (SSSR count). The average Bonchev–Trinajstić information content (AvgIpc) is 3.14. The van der Waals surface area contributed by atoms with Gasteiger partial charge in [-0.15, -0.1) is 0 Å². The second-order valence-corrected chi connectivity index (χ2v) is 8.17. The van der Waals surface area contributed by atoms with Crippen molar-refractivity contribution in [2.24, 2.45) is 0 Å². The molecule has 2 aromatic carbocycles. The highest BCUT2D eigenvalue weighted by Gasteiger charge is 2.18. The SMILES string of the molecule is Cc1cccn2cc(-c3ccc(NS(=O)(=O)c4cccc([N+](=O)[O-])c4)cc3)nc12. The maximum absolute atomic E-state index is 12.5. The summed E-state index contributed by atoms with van der Waals surface area (Å²) in [5.41, 5.74) is 3.59. The van der Waals surface area contributed by atoms with Crippen LogP contribution in [0, 0.1) is 17.0 Å². The Morgan fingerprint density at radius 3 is 2.52 bits per heavy atom. The summed E-state index contributed by atoms with van der Waals surface area (Å²) in [5, 5.41) is 10.9. The van der Waals surface area contributed by atoms with E-state index in [0.29, 0.717) is 5.69 Å². The third kappa shape index (κ3) is 3.67. The van der Waals surface area contributed by atoms with Gasteiger partial charge in [-0.3, -0.25) is 14.8 Å². The number of sulfonamides is 1. The number of hydrogen-bond acceptors (Lipinski definition) is 5. The molecule has 1 N–H and O–H groups in total. The molecule has 8 nitrogen and oxygen atoms in total. The summed E-state index contributed by atoms with van der Waals surface area (Å²) < 4.78 is 29.4. The van der Waals surface area contributed by atoms with Gasteiger partial charge < -0.3 is 4.40 Å². The lowest BCUT2D eigenvalue weighted by atomic mass is 10.1. The number of nitrogens with one attached hydrogen (secondary N) is 1. The molecule has 0 fully saturated rings. The van der Waals surface area contributed by atoms with Gasteiger partial charge in [-0.1, -0.05) is 24.3 Å². The molecule has 0 aliphatic rings. The average molecular weight is 408 g/mol. The summed E-state index contributed by atoms with van der Waals surface area (Å²) in [6.45, 7) is 1.98. The van der Waals surface area contributed by atoms with Gasteiger partial charge in [0, 0.05) is 35.8 Å². The fraction of sp³-hybridized carbons (Fsp3) is 0.0500. The van der Waals surface area contributed by atoms with E-state index < -0.39 is 14.9 Å². The van der Waals surface area contributed by atoms with E-state index >= 15 is 0 Å². The zero-order valence-corrected chi connectivity index (χ0v) is 16.1. The molecule has 0 bridgehead atoms. The zero-order valence-electron chi connectivity index (χ0n) is 15.3. The van der Waals surface area contributed by atoms with E-state index in [0.717, 1.165) is 28.5 Å². The van der Waals surface area contributed by atoms with Gasteiger partial charge in [-0.05, 0) is 36.8 Å². The van der Waals surface area contributed by atoms with Crippen molar-refractivity contribution in [3.63, 3.8) is 0 Å². The van der Waals surface area contributed by atoms with Crippen LogP contribution in [0.25, 0.3) is 16.9 Å². The van der Waals surface area contributed by atoms with Gasteiger partial charge in [0.2, 0.25) is 0 Å². The number of hydrogen-bond donors (Lipinski definition) is 1. The van der Waals surface area contributed by atoms with E-state index in [1.807, 2.05) is 35.9 Å². The van der Waals surface area contributed by atoms with E-state index in [1.165, 1.54) is 18.2 Å². The highest BCUT2D eigenvalue weighted by Crippen LogP contribution is 2.24. The van der Waals surface area contributed by atoms with Crippen LogP contribution < -0.4 is 4.72 Å². The number of imidazole rings is 1. The lowest BCUT2D eigenvalue weighted by Crippen LogP contribution is -2.13. The van der Waals surface area contributed by atoms with Gasteiger partial charge in [-0.2, -0.15) is 0 Å². The summed E-state index contributed by atoms with van der Waals surface area (Å²) in [6.07, 6.45) is 3.82. The maximum atomic E-state index is 12.5. The van der Waals surface area contributed by atoms with Crippen molar-refractivity contribution in [1.29, 1.82) is 0 Å². The quantitative estimate of drug-likeness (QED) is 0.396. The minimum atomic E-state index is -3.95. The molecule has 0 aliphatic carbocycles. The van der Waals surface area contributed by atoms with Crippen molar-refractivity contribution in [3.8, 4) is 11.3 Å². The smallest absolute Gasteiger partial charge is 0.270 e. The fourth-order valence-electron chi connectivity index (χ4n) is 2.98. The molecule has 146 valence electrons. The molecule has 4 aromatic rings. The van der Waals surface area contributed by atoms with Crippen LogP contribution in [0.5, 0.6) is 0 Å². The molecule has 0 radical (unpaired) electrons. The normalized spacial score (nSPS) is 11.5. The third-order valence-electron chi connectivity index (χ3n) is 4.45. The first-order chi connectivity index (χ1) is 13.8. The minimum Gasteiger partial charge on any atom is -0.306 e. The van der Waals surface area contributed by atoms with Crippen LogP contribution in [0.15, 0.2) is 78.0 Å². The Hall–Kier alpha value is -3.72. The van der Waals surface area contributed by atoms with Gasteiger partial charge in [0.25, 0.3) is 15.7 Å². The molecule has 0 unspecified atom stereocenters. The van der Waals surface area contributed by atoms with E-state index in [4.69, 9.17) is 0 Å². The first-order valence-electron chi connectivity index (χ1n) is 8.65. The van der Waals surface area contributed by atoms with E-state index in [-0.39, 0.29) is 10.6 Å². The summed E-state index contributed by atoms with van der Waals surface area (Å²) in [5.74, 6) is 0. The third-order valence-corrected chi connectivity index (χ3v) is 5.83. The number of rotatable bonds is 5. The number of nitrogens with zero attached hydrogens (tertiary/aromatic N) is 3. The van der Waals surface area contributed by atoms with Crippen molar-refractivity contribution >= 4 is 27.0 Å². The number of non-ortho nitro benzene ring substituents is 1. The van der Waals surface area contributed by atoms with Crippen LogP contribution in [0.2, 0.25) is 0 Å². The first kappa shape index (κ1) is 18.6. The van der Waals surface area contributed by atoms with Crippen LogP contribution >= 0.6 is 0 Å². The number of nitro groups is 1. The molecule has 0 saturated carbocycles. The maximum Gasteiger partial charge on any atom is 0.270 e. The second-order valence-electron chi connectivity index (χ2n) is 6.49. The molecule has 0 saturated heterocycles. The van der Waals surface area contributed by atoms with Gasteiger partial charge >= 0.3 is 0 Å². The van der Waals surface area contributed by atoms with E-state index in [9.17, 15) is 18.5 Å². The number of nitro benzene ring substituents is 1. The van der Waals surface area contributed by atoms with Crippen LogP contribution in [0.4, 0.5) is 11.4 Å². The van der Waals surface area contributed by atoms with Crippen LogP contribution in [-0.2, 0) is 10.0 Å². The molecule has 0 atom stereocenters. The second kappa shape index (κ2) is 7.02. The Kier molecular flexibility index (Phi) is 4.51. The topological polar surface area (TPSA) is 107 Å². The molecule has 2 aromatic heterocycles. The molecule has 29 heavy (non-hydrogen) atoms. The predicted octanol–water partition coefficient (Wildman–Crippen LogP) is 4.02. The van der Waals surface area contributed by atoms with Gasteiger partial charge in [0.1, 0.15) is 5.65 Å². The summed E-state index contributed by atoms with van der Waals surface area (Å²) >= 11 is 0. The standard InChI is InChI=1S/C20H16N4O4S/c1-14-4-3-11-23-13-19(21-20(14)23)15-7-9-16(10-8-15)22-29(27,28)18-6-2-5-17(12-18)24(25)26/h2-13,22H,1H3. The van der Waals surface area contributed by atoms with Crippen LogP contribution in [0.1, 0.15) is 5.56 Å². The van der Waals surface area contributed by atoms with E-state index in [1.54, 1.807) is 24.3 Å². The minimum absolute atomic E-state index is 0.174. The highest BCUT2D eigenvalue weighted by atomic mass is 32.2. The molecule has 2 heterocycles. The van der Waals surface area contributed by atoms with Gasteiger partial charge in [0.05, 0.1) is 15.5 Å². The van der Waals surface area contributed by atoms with Gasteiger partial charge in [-0.25, -0.2) is 13.4 Å². The lowest BCUT2D eigenvalue weighted by Gasteiger charge is -2.08. The number of benzene rings is 2. The highest BCUT2D eigenvalue weighted by molar-refractivity contribution is 7.92. The largest absolute Gasteiger partial charge is 0.306 e. The molecular formula is C20H16N4O4S. The Balaban J connectivity index is 1.60. The number of aromatic nitrogens is 2. The van der Waals surface area contributed by atoms with Crippen LogP contribution in [-0.4, -0.2) is 22.7 Å². The molecule has 0 aliphatic heterocycles. The Morgan fingerprint density at radius 1 is 1.07 bits per heavy atom. The molecule has 9 heteroatoms. The number of pyridine rings is 1. The lowest BCUT2D eigenvalue weighted by molar-refractivity contribution is -0.385. The molecule has 0 amide bonds. The van der Waals surface area contributed by atoms with Gasteiger partial charge in [0.15, 0.2) is 0 Å². The summed E-state index contributed by atoms with van der Waals surface area (Å²) in [7, 11) is -3.95. The number of fused-ring (bicyclic) bond motifs is 1. The van der Waals surface area contributed by atoms with Crippen molar-refractivity contribution in [1.82, 2.24) is 9.38 Å². The van der Waals surface area contributed by atoms with Crippen LogP contribution in [0.3, 0.4) is 0 Å². The summed E-state index contributed by atoms with van der Waals surface area (Å²) in [6, 6.07) is 15.6. The molecule has 0 spiro atoms. The Bertz CT molecular complexity index is 1330. The number of anilines is 1. The fourth-order valence-corrected chi connectivity index (χ4v) is 4.08. The number of aryl methyl sites for hydroxylation is 1. The first-order valence-corrected chi connectivity index (χ1v) is 10.1. The predicted molar refractivity (Wildman–Crippen MR) is 109 cm³/mol. The summed E-state index contributed by atoms with van der Waals surface area (Å²) in [4.78, 5) is 14.7. The van der Waals surface area contributed by atoms with Crippen molar-refractivity contribution in [2.75, 3.05) is 4.72 Å². The van der Waals surface area contributed by atoms with Crippen molar-refractivity contribution < 1.29 is 13.3 Å². The monoisotopic (exact) mass is 408 g/mol. The van der Waals surface area contributed by atoms with E-state index in [2.05, 4.69) is 9.71 Å². The Morgan fingerprint density at radius 2 is 1.83 bits per heavy atom. The zero-order chi connectivity index (χ0) is 20.6. The van der Waals surface area contributed by atoms with Crippen molar-refractivity contribution in [2.45, 2.75) is 11.8 Å². The molecular weight excluding hydrogens is 392 g/mol. The Labute approximate surface area is 166 Å². The van der Waals surface area contributed by atoms with Crippen molar-refractivity contribution in [3.05, 3.63) is 88.7 Å².